The Kier molecular flexibility index (Phi) is 3.21. The number of pyridine rings is 1. The molecule has 0 atom stereocenters. The number of imidazole rings is 1. The zero-order chi connectivity index (χ0) is 15.2. The van der Waals surface area contributed by atoms with Crippen LogP contribution in [0.3, 0.4) is 0 Å². The van der Waals surface area contributed by atoms with Crippen LogP contribution in [0, 0.1) is 11.7 Å². The number of aromatic nitrogens is 3. The van der Waals surface area contributed by atoms with Crippen molar-refractivity contribution in [1.82, 2.24) is 14.5 Å². The Morgan fingerprint density at radius 2 is 1.90 bits per heavy atom. The van der Waals surface area contributed by atoms with Crippen LogP contribution in [0.5, 0.6) is 0 Å². The van der Waals surface area contributed by atoms with Crippen LogP contribution in [-0.2, 0) is 5.41 Å². The Labute approximate surface area is 129 Å². The summed E-state index contributed by atoms with van der Waals surface area (Å²) >= 11 is 5.53. The number of hydrogen-bond acceptors (Lipinski definition) is 2. The van der Waals surface area contributed by atoms with Gasteiger partial charge in [-0.2, -0.15) is 0 Å². The van der Waals surface area contributed by atoms with Crippen LogP contribution < -0.4 is 0 Å². The van der Waals surface area contributed by atoms with Gasteiger partial charge in [0, 0.05) is 6.20 Å². The summed E-state index contributed by atoms with van der Waals surface area (Å²) in [4.78, 5) is 7.83. The quantitative estimate of drug-likeness (QED) is 0.661. The number of hydrogen-bond donors (Lipinski definition) is 1. The summed E-state index contributed by atoms with van der Waals surface area (Å²) in [7, 11) is 0. The minimum Gasteiger partial charge on any atom is -0.329 e. The molecule has 1 aromatic carbocycles. The van der Waals surface area contributed by atoms with E-state index in [4.69, 9.17) is 12.2 Å². The van der Waals surface area contributed by atoms with Gasteiger partial charge in [0.1, 0.15) is 0 Å². The molecule has 0 saturated carbocycles. The summed E-state index contributed by atoms with van der Waals surface area (Å²) < 4.78 is 2.71. The average Bonchev–Trinajstić information content (AvgIpc) is 2.72. The molecule has 0 aliphatic carbocycles. The maximum absolute atomic E-state index is 5.53. The van der Waals surface area contributed by atoms with E-state index < -0.39 is 0 Å². The molecule has 4 heteroatoms. The molecule has 3 aromatic rings. The number of aryl methyl sites for hydroxylation is 1. The number of rotatable bonds is 1. The lowest BCUT2D eigenvalue weighted by molar-refractivity contribution is 0.586. The number of para-hydroxylation sites is 1. The van der Waals surface area contributed by atoms with E-state index in [0.29, 0.717) is 4.77 Å². The highest BCUT2D eigenvalue weighted by Crippen LogP contribution is 2.30. The van der Waals surface area contributed by atoms with E-state index >= 15 is 0 Å². The third-order valence-electron chi connectivity index (χ3n) is 3.61. The SMILES string of the molecule is Cc1cnc2c(c1)[nH]c(=S)n2-c1ccccc1C(C)(C)C. The first-order valence-electron chi connectivity index (χ1n) is 7.05. The molecule has 0 spiro atoms. The molecule has 0 radical (unpaired) electrons. The Morgan fingerprint density at radius 3 is 2.62 bits per heavy atom. The molecule has 0 bridgehead atoms. The van der Waals surface area contributed by atoms with E-state index in [1.165, 1.54) is 5.56 Å². The predicted octanol–water partition coefficient (Wildman–Crippen LogP) is 4.69. The third-order valence-corrected chi connectivity index (χ3v) is 3.90. The average molecular weight is 297 g/mol. The van der Waals surface area contributed by atoms with Crippen LogP contribution in [0.1, 0.15) is 31.9 Å². The maximum Gasteiger partial charge on any atom is 0.184 e. The van der Waals surface area contributed by atoms with Gasteiger partial charge in [-0.05, 0) is 47.8 Å². The summed E-state index contributed by atoms with van der Waals surface area (Å²) in [6, 6.07) is 10.4. The minimum absolute atomic E-state index is 0.0413. The lowest BCUT2D eigenvalue weighted by Crippen LogP contribution is -2.15. The molecule has 0 unspecified atom stereocenters. The fourth-order valence-corrected chi connectivity index (χ4v) is 2.92. The zero-order valence-electron chi connectivity index (χ0n) is 12.8. The van der Waals surface area contributed by atoms with E-state index in [1.54, 1.807) is 0 Å². The van der Waals surface area contributed by atoms with E-state index in [9.17, 15) is 0 Å². The smallest absolute Gasteiger partial charge is 0.184 e. The van der Waals surface area contributed by atoms with Gasteiger partial charge in [-0.25, -0.2) is 4.98 Å². The van der Waals surface area contributed by atoms with Crippen LogP contribution >= 0.6 is 12.2 Å². The zero-order valence-corrected chi connectivity index (χ0v) is 13.6. The number of nitrogens with one attached hydrogen (secondary N) is 1. The van der Waals surface area contributed by atoms with E-state index in [1.807, 2.05) is 23.8 Å². The third kappa shape index (κ3) is 2.40. The second kappa shape index (κ2) is 4.81. The van der Waals surface area contributed by atoms with Crippen molar-refractivity contribution in [3.8, 4) is 5.69 Å². The first-order chi connectivity index (χ1) is 9.88. The van der Waals surface area contributed by atoms with Gasteiger partial charge in [-0.1, -0.05) is 39.0 Å². The maximum atomic E-state index is 5.53. The first kappa shape index (κ1) is 14.0. The summed E-state index contributed by atoms with van der Waals surface area (Å²) in [6.07, 6.45) is 1.88. The standard InChI is InChI=1S/C17H19N3S/c1-11-9-13-15(18-10-11)20(16(21)19-13)14-8-6-5-7-12(14)17(2,3)4/h5-10H,1-4H3,(H,19,21). The highest BCUT2D eigenvalue weighted by atomic mass is 32.1. The number of nitrogens with zero attached hydrogens (tertiary/aromatic N) is 2. The van der Waals surface area contributed by atoms with E-state index in [-0.39, 0.29) is 5.41 Å². The highest BCUT2D eigenvalue weighted by molar-refractivity contribution is 7.71. The Hall–Kier alpha value is -1.94. The Balaban J connectivity index is 2.37. The van der Waals surface area contributed by atoms with Crippen molar-refractivity contribution in [2.75, 3.05) is 0 Å². The minimum atomic E-state index is 0.0413. The molecule has 2 heterocycles. The number of fused-ring (bicyclic) bond motifs is 1. The van der Waals surface area contributed by atoms with Gasteiger partial charge < -0.3 is 4.98 Å². The van der Waals surface area contributed by atoms with Crippen molar-refractivity contribution < 1.29 is 0 Å². The highest BCUT2D eigenvalue weighted by Gasteiger charge is 2.20. The number of benzene rings is 1. The fraction of sp³-hybridized carbons (Fsp3) is 0.294. The molecule has 0 fully saturated rings. The van der Waals surface area contributed by atoms with Crippen LogP contribution in [0.4, 0.5) is 0 Å². The molecule has 3 nitrogen and oxygen atoms in total. The van der Waals surface area contributed by atoms with E-state index in [2.05, 4.69) is 55.0 Å². The molecule has 108 valence electrons. The van der Waals surface area contributed by atoms with Gasteiger partial charge >= 0.3 is 0 Å². The molecule has 0 amide bonds. The van der Waals surface area contributed by atoms with Gasteiger partial charge in [0.25, 0.3) is 0 Å². The second-order valence-electron chi connectivity index (χ2n) is 6.42. The molecule has 0 saturated heterocycles. The normalized spacial score (nSPS) is 12.0. The Morgan fingerprint density at radius 1 is 1.19 bits per heavy atom. The monoisotopic (exact) mass is 297 g/mol. The molecular formula is C17H19N3S. The van der Waals surface area contributed by atoms with Crippen molar-refractivity contribution in [2.45, 2.75) is 33.1 Å². The Bertz CT molecular complexity index is 866. The van der Waals surface area contributed by atoms with Gasteiger partial charge in [0.05, 0.1) is 11.2 Å². The van der Waals surface area contributed by atoms with Crippen LogP contribution in [-0.4, -0.2) is 14.5 Å². The molecule has 0 aliphatic rings. The summed E-state index contributed by atoms with van der Waals surface area (Å²) in [5.41, 5.74) is 5.36. The lowest BCUT2D eigenvalue weighted by atomic mass is 9.86. The fourth-order valence-electron chi connectivity index (χ4n) is 2.63. The van der Waals surface area contributed by atoms with Crippen molar-refractivity contribution in [1.29, 1.82) is 0 Å². The van der Waals surface area contributed by atoms with Crippen molar-refractivity contribution >= 4 is 23.4 Å². The molecule has 3 rings (SSSR count). The van der Waals surface area contributed by atoms with Gasteiger partial charge in [0.2, 0.25) is 0 Å². The van der Waals surface area contributed by atoms with Crippen molar-refractivity contribution in [2.24, 2.45) is 0 Å². The largest absolute Gasteiger partial charge is 0.329 e. The molecule has 2 aromatic heterocycles. The molecular weight excluding hydrogens is 278 g/mol. The molecule has 0 aliphatic heterocycles. The van der Waals surface area contributed by atoms with Gasteiger partial charge in [-0.3, -0.25) is 4.57 Å². The number of aromatic amines is 1. The molecule has 1 N–H and O–H groups in total. The van der Waals surface area contributed by atoms with E-state index in [0.717, 1.165) is 22.4 Å². The van der Waals surface area contributed by atoms with Crippen LogP contribution in [0.25, 0.3) is 16.9 Å². The van der Waals surface area contributed by atoms with Crippen LogP contribution in [0.15, 0.2) is 36.5 Å². The summed E-state index contributed by atoms with van der Waals surface area (Å²) in [5.74, 6) is 0. The van der Waals surface area contributed by atoms with Crippen molar-refractivity contribution in [3.63, 3.8) is 0 Å². The number of H-pyrrole nitrogens is 1. The second-order valence-corrected chi connectivity index (χ2v) is 6.80. The summed E-state index contributed by atoms with van der Waals surface area (Å²) in [6.45, 7) is 8.66. The topological polar surface area (TPSA) is 33.6 Å². The first-order valence-corrected chi connectivity index (χ1v) is 7.46. The molecule has 21 heavy (non-hydrogen) atoms. The van der Waals surface area contributed by atoms with Crippen LogP contribution in [0.2, 0.25) is 0 Å². The lowest BCUT2D eigenvalue weighted by Gasteiger charge is -2.23. The van der Waals surface area contributed by atoms with Crippen molar-refractivity contribution in [3.05, 3.63) is 52.4 Å². The summed E-state index contributed by atoms with van der Waals surface area (Å²) in [5, 5.41) is 0. The van der Waals surface area contributed by atoms with Gasteiger partial charge in [0.15, 0.2) is 10.4 Å². The predicted molar refractivity (Wildman–Crippen MR) is 89.7 cm³/mol. The van der Waals surface area contributed by atoms with Gasteiger partial charge in [-0.15, -0.1) is 0 Å².